The van der Waals surface area contributed by atoms with Crippen molar-refractivity contribution in [3.8, 4) is 0 Å². The number of aromatic nitrogens is 3. The Kier molecular flexibility index (Phi) is 4.98. The largest absolute Gasteiger partial charge is 0.287 e. The minimum absolute atomic E-state index is 0.00585. The predicted molar refractivity (Wildman–Crippen MR) is 96.7 cm³/mol. The fourth-order valence-corrected chi connectivity index (χ4v) is 2.43. The summed E-state index contributed by atoms with van der Waals surface area (Å²) >= 11 is 0. The highest BCUT2D eigenvalue weighted by atomic mass is 16.6. The first-order valence-electron chi connectivity index (χ1n) is 7.98. The average Bonchev–Trinajstić information content (AvgIpc) is 3.17. The van der Waals surface area contributed by atoms with E-state index in [-0.39, 0.29) is 23.2 Å². The van der Waals surface area contributed by atoms with Crippen LogP contribution in [0.25, 0.3) is 6.08 Å². The first kappa shape index (κ1) is 17.2. The number of non-ortho nitro benzene ring substituents is 1. The van der Waals surface area contributed by atoms with E-state index in [2.05, 4.69) is 10.3 Å². The van der Waals surface area contributed by atoms with Gasteiger partial charge in [0.2, 0.25) is 5.78 Å². The standard InChI is InChI=1S/C19H16N4O3/c1-14(16-5-3-2-4-6-16)22-13-18(20-21-22)19(24)12-9-15-7-10-17(11-8-15)23(25)26/h2-14H,1H3/b12-9+. The van der Waals surface area contributed by atoms with Gasteiger partial charge in [-0.2, -0.15) is 0 Å². The lowest BCUT2D eigenvalue weighted by molar-refractivity contribution is -0.384. The van der Waals surface area contributed by atoms with Crippen molar-refractivity contribution in [1.82, 2.24) is 15.0 Å². The zero-order chi connectivity index (χ0) is 18.5. The fraction of sp³-hybridized carbons (Fsp3) is 0.105. The summed E-state index contributed by atoms with van der Waals surface area (Å²) < 4.78 is 1.64. The molecule has 0 saturated carbocycles. The van der Waals surface area contributed by atoms with Crippen LogP contribution in [0.15, 0.2) is 66.9 Å². The Labute approximate surface area is 149 Å². The highest BCUT2D eigenvalue weighted by Gasteiger charge is 2.13. The van der Waals surface area contributed by atoms with Crippen molar-refractivity contribution in [1.29, 1.82) is 0 Å². The second-order valence-corrected chi connectivity index (χ2v) is 5.72. The summed E-state index contributed by atoms with van der Waals surface area (Å²) in [6.45, 7) is 1.98. The van der Waals surface area contributed by atoms with Gasteiger partial charge in [0.05, 0.1) is 17.2 Å². The minimum atomic E-state index is -0.467. The number of hydrogen-bond acceptors (Lipinski definition) is 5. The molecule has 7 nitrogen and oxygen atoms in total. The summed E-state index contributed by atoms with van der Waals surface area (Å²) in [5, 5.41) is 18.6. The van der Waals surface area contributed by atoms with Crippen LogP contribution < -0.4 is 0 Å². The maximum atomic E-state index is 12.3. The van der Waals surface area contributed by atoms with Gasteiger partial charge >= 0.3 is 0 Å². The van der Waals surface area contributed by atoms with E-state index in [4.69, 9.17) is 0 Å². The predicted octanol–water partition coefficient (Wildman–Crippen LogP) is 3.69. The summed E-state index contributed by atoms with van der Waals surface area (Å²) in [6.07, 6.45) is 4.58. The van der Waals surface area contributed by atoms with Crippen LogP contribution in [-0.4, -0.2) is 25.7 Å². The Balaban J connectivity index is 1.70. The Morgan fingerprint density at radius 1 is 1.15 bits per heavy atom. The van der Waals surface area contributed by atoms with Gasteiger partial charge in [-0.05, 0) is 36.3 Å². The van der Waals surface area contributed by atoms with E-state index in [1.807, 2.05) is 37.3 Å². The first-order chi connectivity index (χ1) is 12.5. The van der Waals surface area contributed by atoms with Gasteiger partial charge in [0.25, 0.3) is 5.69 Å². The van der Waals surface area contributed by atoms with Crippen LogP contribution in [0, 0.1) is 10.1 Å². The molecule has 1 heterocycles. The van der Waals surface area contributed by atoms with E-state index >= 15 is 0 Å². The number of benzene rings is 2. The second-order valence-electron chi connectivity index (χ2n) is 5.72. The Bertz CT molecular complexity index is 946. The van der Waals surface area contributed by atoms with E-state index in [0.29, 0.717) is 5.56 Å². The number of ketones is 1. The van der Waals surface area contributed by atoms with Crippen LogP contribution in [0.1, 0.15) is 34.6 Å². The third kappa shape index (κ3) is 3.89. The highest BCUT2D eigenvalue weighted by molar-refractivity contribution is 6.05. The molecule has 26 heavy (non-hydrogen) atoms. The number of hydrogen-bond donors (Lipinski definition) is 0. The molecule has 0 saturated heterocycles. The van der Waals surface area contributed by atoms with Gasteiger partial charge in [-0.15, -0.1) is 5.10 Å². The van der Waals surface area contributed by atoms with Crippen molar-refractivity contribution in [2.24, 2.45) is 0 Å². The van der Waals surface area contributed by atoms with Crippen LogP contribution >= 0.6 is 0 Å². The lowest BCUT2D eigenvalue weighted by Gasteiger charge is -2.10. The quantitative estimate of drug-likeness (QED) is 0.293. The van der Waals surface area contributed by atoms with E-state index < -0.39 is 4.92 Å². The topological polar surface area (TPSA) is 90.9 Å². The number of allylic oxidation sites excluding steroid dienone is 1. The van der Waals surface area contributed by atoms with Gasteiger partial charge in [0.15, 0.2) is 5.69 Å². The lowest BCUT2D eigenvalue weighted by atomic mass is 10.1. The van der Waals surface area contributed by atoms with Crippen LogP contribution in [0.3, 0.4) is 0 Å². The Hall–Kier alpha value is -3.61. The maximum Gasteiger partial charge on any atom is 0.269 e. The summed E-state index contributed by atoms with van der Waals surface area (Å²) in [5.41, 5.74) is 2.00. The molecule has 0 bridgehead atoms. The zero-order valence-electron chi connectivity index (χ0n) is 14.0. The molecule has 1 aromatic heterocycles. The van der Waals surface area contributed by atoms with Crippen molar-refractivity contribution >= 4 is 17.5 Å². The monoisotopic (exact) mass is 348 g/mol. The minimum Gasteiger partial charge on any atom is -0.287 e. The summed E-state index contributed by atoms with van der Waals surface area (Å²) in [6, 6.07) is 15.7. The summed E-state index contributed by atoms with van der Waals surface area (Å²) in [5.74, 6) is -0.283. The number of carbonyl (C=O) groups excluding carboxylic acids is 1. The van der Waals surface area contributed by atoms with Gasteiger partial charge in [-0.3, -0.25) is 14.9 Å². The molecule has 7 heteroatoms. The smallest absolute Gasteiger partial charge is 0.269 e. The van der Waals surface area contributed by atoms with E-state index in [1.165, 1.54) is 18.2 Å². The fourth-order valence-electron chi connectivity index (χ4n) is 2.43. The normalized spacial score (nSPS) is 12.2. The molecule has 2 aromatic carbocycles. The summed E-state index contributed by atoms with van der Waals surface area (Å²) in [7, 11) is 0. The number of carbonyl (C=O) groups is 1. The third-order valence-corrected chi connectivity index (χ3v) is 3.97. The third-order valence-electron chi connectivity index (χ3n) is 3.97. The first-order valence-corrected chi connectivity index (χ1v) is 7.98. The lowest BCUT2D eigenvalue weighted by Crippen LogP contribution is -2.07. The number of nitro groups is 1. The average molecular weight is 348 g/mol. The zero-order valence-corrected chi connectivity index (χ0v) is 14.0. The van der Waals surface area contributed by atoms with Gasteiger partial charge in [0, 0.05) is 12.1 Å². The second kappa shape index (κ2) is 7.52. The molecular weight excluding hydrogens is 332 g/mol. The molecule has 0 radical (unpaired) electrons. The number of nitrogens with zero attached hydrogens (tertiary/aromatic N) is 4. The molecule has 130 valence electrons. The van der Waals surface area contributed by atoms with Crippen molar-refractivity contribution < 1.29 is 9.72 Å². The molecule has 0 spiro atoms. The van der Waals surface area contributed by atoms with E-state index in [9.17, 15) is 14.9 Å². The maximum absolute atomic E-state index is 12.3. The van der Waals surface area contributed by atoms with Crippen LogP contribution in [0.5, 0.6) is 0 Å². The molecule has 3 rings (SSSR count). The van der Waals surface area contributed by atoms with Gasteiger partial charge in [-0.25, -0.2) is 4.68 Å². The number of nitro benzene ring substituents is 1. The van der Waals surface area contributed by atoms with Gasteiger partial charge in [0.1, 0.15) is 0 Å². The molecule has 0 aliphatic rings. The van der Waals surface area contributed by atoms with Crippen molar-refractivity contribution in [3.05, 3.63) is 93.8 Å². The molecule has 1 atom stereocenters. The Morgan fingerprint density at radius 3 is 2.50 bits per heavy atom. The molecule has 0 aliphatic heterocycles. The summed E-state index contributed by atoms with van der Waals surface area (Å²) in [4.78, 5) is 22.4. The molecule has 3 aromatic rings. The molecular formula is C19H16N4O3. The van der Waals surface area contributed by atoms with Crippen molar-refractivity contribution in [3.63, 3.8) is 0 Å². The van der Waals surface area contributed by atoms with Crippen molar-refractivity contribution in [2.45, 2.75) is 13.0 Å². The van der Waals surface area contributed by atoms with E-state index in [0.717, 1.165) is 5.56 Å². The SMILES string of the molecule is CC(c1ccccc1)n1cc(C(=O)/C=C/c2ccc([N+](=O)[O-])cc2)nn1. The molecule has 0 fully saturated rings. The van der Waals surface area contributed by atoms with E-state index in [1.54, 1.807) is 29.1 Å². The molecule has 0 N–H and O–H groups in total. The Morgan fingerprint density at radius 2 is 1.85 bits per heavy atom. The van der Waals surface area contributed by atoms with Crippen molar-refractivity contribution in [2.75, 3.05) is 0 Å². The van der Waals surface area contributed by atoms with Crippen LogP contribution in [0.4, 0.5) is 5.69 Å². The van der Waals surface area contributed by atoms with Gasteiger partial charge < -0.3 is 0 Å². The van der Waals surface area contributed by atoms with Crippen LogP contribution in [0.2, 0.25) is 0 Å². The number of rotatable bonds is 6. The highest BCUT2D eigenvalue weighted by Crippen LogP contribution is 2.17. The molecule has 1 unspecified atom stereocenters. The molecule has 0 aliphatic carbocycles. The molecule has 0 amide bonds. The van der Waals surface area contributed by atoms with Crippen LogP contribution in [-0.2, 0) is 0 Å². The van der Waals surface area contributed by atoms with Gasteiger partial charge in [-0.1, -0.05) is 41.6 Å².